The fourth-order valence-corrected chi connectivity index (χ4v) is 5.19. The summed E-state index contributed by atoms with van der Waals surface area (Å²) in [7, 11) is 0. The maximum Gasteiger partial charge on any atom is 0.312 e. The maximum atomic E-state index is 13.9. The summed E-state index contributed by atoms with van der Waals surface area (Å²) in [4.78, 5) is 23.3. The van der Waals surface area contributed by atoms with Gasteiger partial charge in [-0.15, -0.1) is 0 Å². The normalized spacial score (nSPS) is 11.1. The molecule has 0 unspecified atom stereocenters. The van der Waals surface area contributed by atoms with E-state index in [1.165, 1.54) is 10.8 Å². The third-order valence-corrected chi connectivity index (χ3v) is 7.34. The molecule has 6 aromatic rings. The van der Waals surface area contributed by atoms with Crippen LogP contribution in [0.15, 0.2) is 111 Å². The van der Waals surface area contributed by atoms with Crippen molar-refractivity contribution in [2.24, 2.45) is 0 Å². The number of anilines is 4. The number of aromatic nitrogens is 3. The van der Waals surface area contributed by atoms with Gasteiger partial charge in [-0.2, -0.15) is 4.98 Å². The molecule has 7 nitrogen and oxygen atoms in total. The number of para-hydroxylation sites is 3. The summed E-state index contributed by atoms with van der Waals surface area (Å²) in [6, 6.07) is 28.1. The van der Waals surface area contributed by atoms with Crippen LogP contribution in [-0.4, -0.2) is 14.5 Å². The number of halogens is 3. The second-order valence-corrected chi connectivity index (χ2v) is 10.6. The van der Waals surface area contributed by atoms with E-state index in [0.717, 1.165) is 21.4 Å². The first-order chi connectivity index (χ1) is 19.5. The van der Waals surface area contributed by atoms with Gasteiger partial charge in [-0.3, -0.25) is 4.79 Å². The summed E-state index contributed by atoms with van der Waals surface area (Å²) >= 11 is 16.3. The summed E-state index contributed by atoms with van der Waals surface area (Å²) in [6.45, 7) is 0. The average molecular weight is 633 g/mol. The number of rotatable bonds is 7. The minimum Gasteiger partial charge on any atom is -0.429 e. The molecule has 0 bridgehead atoms. The second kappa shape index (κ2) is 11.2. The van der Waals surface area contributed by atoms with Crippen LogP contribution in [0, 0.1) is 0 Å². The highest BCUT2D eigenvalue weighted by Crippen LogP contribution is 2.34. The summed E-state index contributed by atoms with van der Waals surface area (Å²) in [6.07, 6.45) is 1.76. The lowest BCUT2D eigenvalue weighted by atomic mass is 10.1. The molecule has 2 N–H and O–H groups in total. The summed E-state index contributed by atoms with van der Waals surface area (Å²) in [5, 5.41) is 7.96. The van der Waals surface area contributed by atoms with Crippen LogP contribution in [0.25, 0.3) is 16.9 Å². The molecule has 0 saturated carbocycles. The van der Waals surface area contributed by atoms with E-state index in [4.69, 9.17) is 32.6 Å². The Morgan fingerprint density at radius 3 is 2.40 bits per heavy atom. The van der Waals surface area contributed by atoms with E-state index >= 15 is 0 Å². The molecule has 40 heavy (non-hydrogen) atoms. The molecule has 0 spiro atoms. The van der Waals surface area contributed by atoms with Crippen molar-refractivity contribution in [2.45, 2.75) is 6.42 Å². The quantitative estimate of drug-likeness (QED) is 0.183. The second-order valence-electron chi connectivity index (χ2n) is 8.89. The highest BCUT2D eigenvalue weighted by Gasteiger charge is 2.19. The monoisotopic (exact) mass is 631 g/mol. The molecule has 4 aromatic carbocycles. The molecule has 6 rings (SSSR count). The lowest BCUT2D eigenvalue weighted by molar-refractivity contribution is 0.515. The Morgan fingerprint density at radius 1 is 0.850 bits per heavy atom. The van der Waals surface area contributed by atoms with Gasteiger partial charge in [-0.05, 0) is 54.1 Å². The summed E-state index contributed by atoms with van der Waals surface area (Å²) in [5.74, 6) is 0.913. The number of hydrogen-bond donors (Lipinski definition) is 2. The minimum absolute atomic E-state index is 0.104. The van der Waals surface area contributed by atoms with Gasteiger partial charge in [0.15, 0.2) is 5.82 Å². The van der Waals surface area contributed by atoms with E-state index in [-0.39, 0.29) is 18.0 Å². The lowest BCUT2D eigenvalue weighted by Crippen LogP contribution is -2.24. The number of oxazole rings is 1. The zero-order valence-electron chi connectivity index (χ0n) is 20.7. The predicted octanol–water partition coefficient (Wildman–Crippen LogP) is 8.52. The smallest absolute Gasteiger partial charge is 0.312 e. The Hall–Kier alpha value is -4.11. The van der Waals surface area contributed by atoms with E-state index < -0.39 is 0 Å². The number of benzene rings is 4. The number of nitrogens with zero attached hydrogens (tertiary/aromatic N) is 3. The summed E-state index contributed by atoms with van der Waals surface area (Å²) in [5.41, 5.74) is 3.34. The molecular formula is C30H20BrCl2N5O2. The van der Waals surface area contributed by atoms with Gasteiger partial charge in [0.05, 0.1) is 26.6 Å². The van der Waals surface area contributed by atoms with Gasteiger partial charge >= 0.3 is 6.01 Å². The molecule has 0 aliphatic heterocycles. The number of fused-ring (bicyclic) bond motifs is 1. The largest absolute Gasteiger partial charge is 0.429 e. The number of nitrogens with one attached hydrogen (secondary N) is 2. The highest BCUT2D eigenvalue weighted by molar-refractivity contribution is 9.10. The number of hydrogen-bond acceptors (Lipinski definition) is 6. The molecule has 198 valence electrons. The zero-order chi connectivity index (χ0) is 27.6. The van der Waals surface area contributed by atoms with Crippen LogP contribution in [-0.2, 0) is 6.42 Å². The first-order valence-electron chi connectivity index (χ1n) is 12.2. The Balaban J connectivity index is 1.45. The van der Waals surface area contributed by atoms with Crippen LogP contribution in [0.1, 0.15) is 11.4 Å². The van der Waals surface area contributed by atoms with Gasteiger partial charge in [0.2, 0.25) is 0 Å². The molecule has 0 atom stereocenters. The minimum atomic E-state index is -0.297. The van der Waals surface area contributed by atoms with E-state index in [2.05, 4.69) is 31.5 Å². The van der Waals surface area contributed by atoms with Crippen LogP contribution >= 0.6 is 39.1 Å². The first kappa shape index (κ1) is 26.1. The molecule has 0 aliphatic carbocycles. The Morgan fingerprint density at radius 2 is 1.60 bits per heavy atom. The molecule has 0 saturated heterocycles. The van der Waals surface area contributed by atoms with Crippen molar-refractivity contribution in [1.29, 1.82) is 0 Å². The van der Waals surface area contributed by atoms with Crippen molar-refractivity contribution in [2.75, 3.05) is 10.6 Å². The molecule has 10 heteroatoms. The first-order valence-corrected chi connectivity index (χ1v) is 13.8. The van der Waals surface area contributed by atoms with E-state index in [9.17, 15) is 4.79 Å². The van der Waals surface area contributed by atoms with E-state index in [1.807, 2.05) is 60.7 Å². The van der Waals surface area contributed by atoms with Gasteiger partial charge < -0.3 is 15.1 Å². The SMILES string of the molecule is O=c1c2cc(Br)ccc2nc(Cc2ccccc2Nc2c(Cl)cccc2Cl)n1-c1nc(Nc2ccccc2)co1. The topological polar surface area (TPSA) is 85.0 Å². The van der Waals surface area contributed by atoms with Gasteiger partial charge in [-0.1, -0.05) is 81.6 Å². The molecule has 2 aromatic heterocycles. The third-order valence-electron chi connectivity index (χ3n) is 6.22. The molecular weight excluding hydrogens is 613 g/mol. The van der Waals surface area contributed by atoms with Crippen molar-refractivity contribution in [3.63, 3.8) is 0 Å². The fourth-order valence-electron chi connectivity index (χ4n) is 4.33. The average Bonchev–Trinajstić information content (AvgIpc) is 3.40. The van der Waals surface area contributed by atoms with E-state index in [1.54, 1.807) is 30.3 Å². The standard InChI is InChI=1S/C30H20BrCl2N5O2/c31-19-13-14-25-21(16-19)29(39)38(30-37-26(17-40-30)34-20-8-2-1-3-9-20)27(35-25)15-18-7-4-5-12-24(18)36-28-22(32)10-6-11-23(28)33/h1-14,16-17,34,36H,15H2. The Labute approximate surface area is 247 Å². The maximum absolute atomic E-state index is 13.9. The van der Waals surface area contributed by atoms with Gasteiger partial charge in [-0.25, -0.2) is 9.55 Å². The van der Waals surface area contributed by atoms with Crippen LogP contribution < -0.4 is 16.2 Å². The Kier molecular flexibility index (Phi) is 7.30. The Bertz CT molecular complexity index is 1890. The van der Waals surface area contributed by atoms with E-state index in [0.29, 0.717) is 38.3 Å². The van der Waals surface area contributed by atoms with Crippen molar-refractivity contribution < 1.29 is 4.42 Å². The summed E-state index contributed by atoms with van der Waals surface area (Å²) < 4.78 is 7.98. The van der Waals surface area contributed by atoms with Crippen molar-refractivity contribution in [3.8, 4) is 6.01 Å². The zero-order valence-corrected chi connectivity index (χ0v) is 23.8. The van der Waals surface area contributed by atoms with Gasteiger partial charge in [0.25, 0.3) is 5.56 Å². The van der Waals surface area contributed by atoms with Crippen molar-refractivity contribution in [3.05, 3.63) is 134 Å². The van der Waals surface area contributed by atoms with Crippen LogP contribution in [0.5, 0.6) is 0 Å². The van der Waals surface area contributed by atoms with Crippen LogP contribution in [0.3, 0.4) is 0 Å². The van der Waals surface area contributed by atoms with Crippen molar-refractivity contribution >= 4 is 72.9 Å². The molecule has 0 radical (unpaired) electrons. The molecule has 0 fully saturated rings. The van der Waals surface area contributed by atoms with Crippen LogP contribution in [0.2, 0.25) is 10.0 Å². The molecule has 2 heterocycles. The third kappa shape index (κ3) is 5.34. The molecule has 0 amide bonds. The lowest BCUT2D eigenvalue weighted by Gasteiger charge is -2.16. The molecule has 0 aliphatic rings. The van der Waals surface area contributed by atoms with Gasteiger partial charge in [0.1, 0.15) is 12.1 Å². The van der Waals surface area contributed by atoms with Crippen molar-refractivity contribution in [1.82, 2.24) is 14.5 Å². The predicted molar refractivity (Wildman–Crippen MR) is 164 cm³/mol. The fraction of sp³-hybridized carbons (Fsp3) is 0.0333. The van der Waals surface area contributed by atoms with Crippen LogP contribution in [0.4, 0.5) is 22.9 Å². The highest BCUT2D eigenvalue weighted by atomic mass is 79.9. The van der Waals surface area contributed by atoms with Gasteiger partial charge in [0, 0.05) is 22.3 Å².